The zero-order valence-electron chi connectivity index (χ0n) is 18.4. The van der Waals surface area contributed by atoms with Gasteiger partial charge >= 0.3 is 0 Å². The van der Waals surface area contributed by atoms with Gasteiger partial charge in [0.1, 0.15) is 21.8 Å². The predicted molar refractivity (Wildman–Crippen MR) is 124 cm³/mol. The van der Waals surface area contributed by atoms with Crippen molar-refractivity contribution in [3.63, 3.8) is 0 Å². The highest BCUT2D eigenvalue weighted by Gasteiger charge is 2.53. The Labute approximate surface area is 183 Å². The van der Waals surface area contributed by atoms with Crippen LogP contribution < -0.4 is 0 Å². The average Bonchev–Trinajstić information content (AvgIpc) is 3.03. The summed E-state index contributed by atoms with van der Waals surface area (Å²) in [5.74, 6) is 0. The predicted octanol–water partition coefficient (Wildman–Crippen LogP) is 4.40. The SMILES string of the molecule is COC1CN(Cc2ccccc2)CCC12Cc1ccccc1C2=N[S+]([O-])C(C)(C)C. The van der Waals surface area contributed by atoms with Gasteiger partial charge in [0.15, 0.2) is 0 Å². The molecular weight excluding hydrogens is 392 g/mol. The van der Waals surface area contributed by atoms with Crippen molar-refractivity contribution in [2.45, 2.75) is 51.0 Å². The lowest BCUT2D eigenvalue weighted by Crippen LogP contribution is -2.54. The van der Waals surface area contributed by atoms with Crippen LogP contribution in [0.5, 0.6) is 0 Å². The molecule has 4 rings (SSSR count). The van der Waals surface area contributed by atoms with E-state index in [0.29, 0.717) is 0 Å². The minimum Gasteiger partial charge on any atom is -0.591 e. The molecule has 0 saturated carbocycles. The molecule has 0 radical (unpaired) electrons. The highest BCUT2D eigenvalue weighted by atomic mass is 32.2. The Morgan fingerprint density at radius 3 is 2.53 bits per heavy atom. The summed E-state index contributed by atoms with van der Waals surface area (Å²) in [5, 5.41) is 0. The summed E-state index contributed by atoms with van der Waals surface area (Å²) >= 11 is -1.30. The number of fused-ring (bicyclic) bond motifs is 1. The van der Waals surface area contributed by atoms with E-state index in [-0.39, 0.29) is 16.3 Å². The third-order valence-electron chi connectivity index (χ3n) is 6.40. The Bertz CT molecular complexity index is 909. The molecule has 1 saturated heterocycles. The van der Waals surface area contributed by atoms with E-state index in [9.17, 15) is 4.55 Å². The van der Waals surface area contributed by atoms with Crippen molar-refractivity contribution < 1.29 is 9.29 Å². The van der Waals surface area contributed by atoms with Crippen molar-refractivity contribution in [2.24, 2.45) is 9.81 Å². The van der Waals surface area contributed by atoms with E-state index in [1.165, 1.54) is 11.1 Å². The standard InChI is InChI=1S/C25H32N2O2S/c1-24(2,3)30(28)26-23-21-13-9-8-12-20(21)16-25(23)14-15-27(18-22(25)29-4)17-19-10-6-5-7-11-19/h5-13,22H,14-18H2,1-4H3. The highest BCUT2D eigenvalue weighted by molar-refractivity contribution is 7.91. The number of likely N-dealkylation sites (tertiary alicyclic amines) is 1. The third kappa shape index (κ3) is 4.09. The van der Waals surface area contributed by atoms with E-state index < -0.39 is 11.4 Å². The number of nitrogens with zero attached hydrogens (tertiary/aromatic N) is 2. The Balaban J connectivity index is 1.66. The van der Waals surface area contributed by atoms with Crippen molar-refractivity contribution in [1.29, 1.82) is 0 Å². The van der Waals surface area contributed by atoms with Crippen LogP contribution in [0.1, 0.15) is 43.9 Å². The van der Waals surface area contributed by atoms with Crippen molar-refractivity contribution in [3.05, 3.63) is 71.3 Å². The Hall–Kier alpha value is -1.66. The molecule has 1 aliphatic heterocycles. The second kappa shape index (κ2) is 8.46. The van der Waals surface area contributed by atoms with Gasteiger partial charge in [0.05, 0.1) is 11.5 Å². The quantitative estimate of drug-likeness (QED) is 0.684. The Morgan fingerprint density at radius 1 is 1.13 bits per heavy atom. The van der Waals surface area contributed by atoms with Crippen LogP contribution in [-0.2, 0) is 29.1 Å². The summed E-state index contributed by atoms with van der Waals surface area (Å²) in [6, 6.07) is 19.1. The van der Waals surface area contributed by atoms with Gasteiger partial charge in [0, 0.05) is 25.8 Å². The summed E-state index contributed by atoms with van der Waals surface area (Å²) in [6.07, 6.45) is 1.87. The smallest absolute Gasteiger partial charge is 0.144 e. The minimum atomic E-state index is -1.30. The van der Waals surface area contributed by atoms with Gasteiger partial charge in [-0.3, -0.25) is 4.90 Å². The first-order valence-electron chi connectivity index (χ1n) is 10.7. The normalized spacial score (nSPS) is 26.8. The van der Waals surface area contributed by atoms with Crippen molar-refractivity contribution in [3.8, 4) is 0 Å². The Kier molecular flexibility index (Phi) is 6.08. The molecule has 1 spiro atoms. The lowest BCUT2D eigenvalue weighted by atomic mass is 9.72. The molecule has 4 nitrogen and oxygen atoms in total. The maximum Gasteiger partial charge on any atom is 0.144 e. The largest absolute Gasteiger partial charge is 0.591 e. The molecule has 3 unspecified atom stereocenters. The first kappa shape index (κ1) is 21.6. The number of piperidine rings is 1. The maximum atomic E-state index is 13.0. The van der Waals surface area contributed by atoms with Crippen LogP contribution in [0.15, 0.2) is 59.0 Å². The van der Waals surface area contributed by atoms with Gasteiger partial charge in [0.25, 0.3) is 0 Å². The number of benzene rings is 2. The zero-order chi connectivity index (χ0) is 21.4. The first-order valence-corrected chi connectivity index (χ1v) is 11.8. The molecule has 1 fully saturated rings. The molecule has 1 aliphatic carbocycles. The van der Waals surface area contributed by atoms with E-state index in [1.807, 2.05) is 20.8 Å². The fourth-order valence-electron chi connectivity index (χ4n) is 4.73. The van der Waals surface area contributed by atoms with Crippen molar-refractivity contribution >= 4 is 17.1 Å². The van der Waals surface area contributed by atoms with E-state index >= 15 is 0 Å². The molecule has 1 heterocycles. The fourth-order valence-corrected chi connectivity index (χ4v) is 5.45. The van der Waals surface area contributed by atoms with Gasteiger partial charge in [-0.05, 0) is 51.3 Å². The third-order valence-corrected chi connectivity index (χ3v) is 7.79. The van der Waals surface area contributed by atoms with Crippen LogP contribution in [0.2, 0.25) is 0 Å². The van der Waals surface area contributed by atoms with Crippen molar-refractivity contribution in [1.82, 2.24) is 4.90 Å². The van der Waals surface area contributed by atoms with Crippen LogP contribution in [0, 0.1) is 5.41 Å². The second-order valence-electron chi connectivity index (χ2n) is 9.49. The molecule has 30 heavy (non-hydrogen) atoms. The molecule has 3 atom stereocenters. The van der Waals surface area contributed by atoms with E-state index in [4.69, 9.17) is 9.13 Å². The first-order chi connectivity index (χ1) is 14.3. The molecule has 0 N–H and O–H groups in total. The molecular formula is C25H32N2O2S. The average molecular weight is 425 g/mol. The summed E-state index contributed by atoms with van der Waals surface area (Å²) < 4.78 is 23.6. The summed E-state index contributed by atoms with van der Waals surface area (Å²) in [5.41, 5.74) is 4.53. The summed E-state index contributed by atoms with van der Waals surface area (Å²) in [7, 11) is 1.81. The molecule has 2 aromatic rings. The van der Waals surface area contributed by atoms with Gasteiger partial charge in [-0.25, -0.2) is 0 Å². The van der Waals surface area contributed by atoms with E-state index in [0.717, 1.165) is 43.8 Å². The highest BCUT2D eigenvalue weighted by Crippen LogP contribution is 2.47. The van der Waals surface area contributed by atoms with Gasteiger partial charge in [-0.2, -0.15) is 0 Å². The number of rotatable bonds is 4. The van der Waals surface area contributed by atoms with Crippen molar-refractivity contribution in [2.75, 3.05) is 20.2 Å². The number of hydrogen-bond acceptors (Lipinski definition) is 4. The zero-order valence-corrected chi connectivity index (χ0v) is 19.2. The minimum absolute atomic E-state index is 0.0121. The topological polar surface area (TPSA) is 47.9 Å². The van der Waals surface area contributed by atoms with Gasteiger partial charge < -0.3 is 9.29 Å². The molecule has 2 aliphatic rings. The summed E-state index contributed by atoms with van der Waals surface area (Å²) in [4.78, 5) is 2.47. The molecule has 160 valence electrons. The molecule has 2 aromatic carbocycles. The second-order valence-corrected chi connectivity index (χ2v) is 11.4. The van der Waals surface area contributed by atoms with Gasteiger partial charge in [-0.1, -0.05) is 59.0 Å². The molecule has 0 bridgehead atoms. The Morgan fingerprint density at radius 2 is 1.83 bits per heavy atom. The number of ether oxygens (including phenoxy) is 1. The lowest BCUT2D eigenvalue weighted by Gasteiger charge is -2.45. The lowest BCUT2D eigenvalue weighted by molar-refractivity contribution is -0.0372. The van der Waals surface area contributed by atoms with Gasteiger partial charge in [-0.15, -0.1) is 0 Å². The number of methoxy groups -OCH3 is 1. The van der Waals surface area contributed by atoms with Crippen LogP contribution in [-0.4, -0.2) is 46.2 Å². The van der Waals surface area contributed by atoms with Gasteiger partial charge in [0.2, 0.25) is 0 Å². The maximum absolute atomic E-state index is 13.0. The van der Waals surface area contributed by atoms with Crippen LogP contribution in [0.25, 0.3) is 0 Å². The van der Waals surface area contributed by atoms with Crippen LogP contribution in [0.3, 0.4) is 0 Å². The fraction of sp³-hybridized carbons (Fsp3) is 0.480. The van der Waals surface area contributed by atoms with Crippen LogP contribution in [0.4, 0.5) is 0 Å². The monoisotopic (exact) mass is 424 g/mol. The summed E-state index contributed by atoms with van der Waals surface area (Å²) in [6.45, 7) is 8.69. The van der Waals surface area contributed by atoms with Crippen LogP contribution >= 0.6 is 0 Å². The molecule has 0 aromatic heterocycles. The molecule has 5 heteroatoms. The number of hydrogen-bond donors (Lipinski definition) is 0. The van der Waals surface area contributed by atoms with E-state index in [1.54, 1.807) is 7.11 Å². The van der Waals surface area contributed by atoms with E-state index in [2.05, 4.69) is 59.5 Å². The molecule has 0 amide bonds.